The topological polar surface area (TPSA) is 0 Å². The van der Waals surface area contributed by atoms with Crippen molar-refractivity contribution >= 4 is 5.57 Å². The molecule has 1 saturated carbocycles. The van der Waals surface area contributed by atoms with Crippen LogP contribution in [0.3, 0.4) is 0 Å². The second kappa shape index (κ2) is 12.9. The van der Waals surface area contributed by atoms with Gasteiger partial charge in [-0.25, -0.2) is 0 Å². The second-order valence-electron chi connectivity index (χ2n) is 11.7. The number of rotatable bonds is 11. The lowest BCUT2D eigenvalue weighted by Crippen LogP contribution is -2.35. The van der Waals surface area contributed by atoms with Crippen LogP contribution < -0.4 is 0 Å². The minimum atomic E-state index is 0.293. The molecule has 0 aromatic heterocycles. The van der Waals surface area contributed by atoms with E-state index in [9.17, 15) is 0 Å². The average Bonchev–Trinajstić information content (AvgIpc) is 2.91. The van der Waals surface area contributed by atoms with Crippen molar-refractivity contribution in [1.29, 1.82) is 0 Å². The molecule has 4 rings (SSSR count). The van der Waals surface area contributed by atoms with Gasteiger partial charge >= 0.3 is 0 Å². The molecule has 2 unspecified atom stereocenters. The van der Waals surface area contributed by atoms with Crippen LogP contribution in [0.1, 0.15) is 122 Å². The zero-order valence-corrected chi connectivity index (χ0v) is 22.2. The maximum Gasteiger partial charge on any atom is 0.0157 e. The number of unbranched alkanes of at least 4 members (excludes halogenated alkanes) is 4. The fraction of sp³-hybridized carbons (Fsp3) is 0.647. The lowest BCUT2D eigenvalue weighted by molar-refractivity contribution is 0.160. The normalized spacial score (nSPS) is 29.5. The third-order valence-electron chi connectivity index (χ3n) is 9.45. The predicted octanol–water partition coefficient (Wildman–Crippen LogP) is 10.7. The Morgan fingerprint density at radius 2 is 1.53 bits per heavy atom. The molecule has 2 atom stereocenters. The van der Waals surface area contributed by atoms with Gasteiger partial charge in [-0.1, -0.05) is 138 Å². The summed E-state index contributed by atoms with van der Waals surface area (Å²) in [5.41, 5.74) is 4.89. The zero-order valence-electron chi connectivity index (χ0n) is 22.2. The van der Waals surface area contributed by atoms with Gasteiger partial charge < -0.3 is 0 Å². The van der Waals surface area contributed by atoms with E-state index < -0.39 is 0 Å². The third kappa shape index (κ3) is 6.35. The van der Waals surface area contributed by atoms with Gasteiger partial charge in [-0.15, -0.1) is 0 Å². The molecule has 0 N–H and O–H groups in total. The molecule has 0 heteroatoms. The Balaban J connectivity index is 1.46. The van der Waals surface area contributed by atoms with Crippen molar-refractivity contribution in [3.63, 3.8) is 0 Å². The van der Waals surface area contributed by atoms with Gasteiger partial charge in [-0.3, -0.25) is 0 Å². The molecule has 0 saturated heterocycles. The first-order chi connectivity index (χ1) is 16.7. The summed E-state index contributed by atoms with van der Waals surface area (Å²) in [5, 5.41) is 0. The van der Waals surface area contributed by atoms with Crippen LogP contribution in [0, 0.1) is 23.2 Å². The lowest BCUT2D eigenvalue weighted by atomic mass is 9.58. The molecule has 0 amide bonds. The maximum atomic E-state index is 2.71. The number of hydrogen-bond donors (Lipinski definition) is 0. The Hall–Kier alpha value is -1.56. The fourth-order valence-corrected chi connectivity index (χ4v) is 7.19. The van der Waals surface area contributed by atoms with E-state index in [-0.39, 0.29) is 0 Å². The van der Waals surface area contributed by atoms with Crippen LogP contribution in [-0.4, -0.2) is 0 Å². The molecule has 186 valence electrons. The van der Waals surface area contributed by atoms with Crippen molar-refractivity contribution < 1.29 is 0 Å². The Morgan fingerprint density at radius 3 is 2.18 bits per heavy atom. The highest BCUT2D eigenvalue weighted by atomic mass is 14.5. The Labute approximate surface area is 211 Å². The first kappa shape index (κ1) is 25.5. The highest BCUT2D eigenvalue weighted by Crippen LogP contribution is 2.54. The molecule has 34 heavy (non-hydrogen) atoms. The standard InChI is InChI=1S/C34H50/c1-3-5-7-9-13-29-18-22-33(23-19-29)34(32-20-16-28(17-21-32)12-6-4-2)26-24-31(25-27-34)30-14-10-8-11-15-30/h8,10-11,14-15,20,24-26,28-29,33H,3-7,9,12-13,16-19,21-23,27H2,1-2H3/t28?,29-,33-,34?. The first-order valence-electron chi connectivity index (χ1n) is 14.9. The molecule has 0 nitrogen and oxygen atoms in total. The molecule has 0 spiro atoms. The van der Waals surface area contributed by atoms with Gasteiger partial charge in [-0.2, -0.15) is 0 Å². The van der Waals surface area contributed by atoms with Crippen LogP contribution in [0.4, 0.5) is 0 Å². The summed E-state index contributed by atoms with van der Waals surface area (Å²) in [4.78, 5) is 0. The summed E-state index contributed by atoms with van der Waals surface area (Å²) in [5.74, 6) is 2.76. The molecule has 1 aromatic rings. The predicted molar refractivity (Wildman–Crippen MR) is 150 cm³/mol. The van der Waals surface area contributed by atoms with Crippen molar-refractivity contribution in [1.82, 2.24) is 0 Å². The third-order valence-corrected chi connectivity index (χ3v) is 9.45. The Morgan fingerprint density at radius 1 is 0.765 bits per heavy atom. The first-order valence-corrected chi connectivity index (χ1v) is 14.9. The van der Waals surface area contributed by atoms with E-state index in [0.717, 1.165) is 17.8 Å². The van der Waals surface area contributed by atoms with Gasteiger partial charge in [0.1, 0.15) is 0 Å². The Bertz CT molecular complexity index is 817. The van der Waals surface area contributed by atoms with Gasteiger partial charge in [0.15, 0.2) is 0 Å². The van der Waals surface area contributed by atoms with Gasteiger partial charge in [0.05, 0.1) is 0 Å². The molecule has 1 aromatic carbocycles. The van der Waals surface area contributed by atoms with Gasteiger partial charge in [0.25, 0.3) is 0 Å². The summed E-state index contributed by atoms with van der Waals surface area (Å²) in [6.45, 7) is 4.66. The van der Waals surface area contributed by atoms with E-state index >= 15 is 0 Å². The molecular formula is C34H50. The van der Waals surface area contributed by atoms with Crippen molar-refractivity contribution in [2.75, 3.05) is 0 Å². The summed E-state index contributed by atoms with van der Waals surface area (Å²) in [6, 6.07) is 11.0. The minimum Gasteiger partial charge on any atom is -0.0842 e. The van der Waals surface area contributed by atoms with Crippen LogP contribution >= 0.6 is 0 Å². The summed E-state index contributed by atoms with van der Waals surface area (Å²) >= 11 is 0. The lowest BCUT2D eigenvalue weighted by Gasteiger charge is -2.46. The van der Waals surface area contributed by atoms with Gasteiger partial charge in [0.2, 0.25) is 0 Å². The fourth-order valence-electron chi connectivity index (χ4n) is 7.19. The highest BCUT2D eigenvalue weighted by Gasteiger charge is 2.42. The average molecular weight is 459 g/mol. The quantitative estimate of drug-likeness (QED) is 0.228. The van der Waals surface area contributed by atoms with Crippen LogP contribution in [0.25, 0.3) is 5.57 Å². The number of allylic oxidation sites excluding steroid dienone is 6. The van der Waals surface area contributed by atoms with Crippen molar-refractivity contribution in [3.05, 3.63) is 65.8 Å². The van der Waals surface area contributed by atoms with Gasteiger partial charge in [-0.05, 0) is 67.4 Å². The van der Waals surface area contributed by atoms with Crippen molar-refractivity contribution in [3.8, 4) is 0 Å². The maximum absolute atomic E-state index is 2.71. The number of hydrogen-bond acceptors (Lipinski definition) is 0. The number of benzene rings is 1. The SMILES string of the molecule is CCCCCC[C@H]1CC[C@H](C2(C3=CCC(CCCC)CC3)C=CC(c3ccccc3)=CC2)CC1. The van der Waals surface area contributed by atoms with E-state index in [1.165, 1.54) is 114 Å². The van der Waals surface area contributed by atoms with E-state index in [0.29, 0.717) is 5.41 Å². The summed E-state index contributed by atoms with van der Waals surface area (Å²) in [6.07, 6.45) is 32.9. The molecule has 0 radical (unpaired) electrons. The monoisotopic (exact) mass is 458 g/mol. The molecule has 0 heterocycles. The molecule has 0 aliphatic heterocycles. The molecule has 3 aliphatic carbocycles. The molecule has 0 bridgehead atoms. The summed E-state index contributed by atoms with van der Waals surface area (Å²) in [7, 11) is 0. The summed E-state index contributed by atoms with van der Waals surface area (Å²) < 4.78 is 0. The zero-order chi connectivity index (χ0) is 23.6. The largest absolute Gasteiger partial charge is 0.0842 e. The molecule has 3 aliphatic rings. The molecular weight excluding hydrogens is 408 g/mol. The minimum absolute atomic E-state index is 0.293. The van der Waals surface area contributed by atoms with E-state index in [4.69, 9.17) is 0 Å². The van der Waals surface area contributed by atoms with Crippen LogP contribution in [-0.2, 0) is 0 Å². The van der Waals surface area contributed by atoms with E-state index in [1.54, 1.807) is 5.57 Å². The van der Waals surface area contributed by atoms with Crippen LogP contribution in [0.15, 0.2) is 60.2 Å². The smallest absolute Gasteiger partial charge is 0.0157 e. The highest BCUT2D eigenvalue weighted by molar-refractivity contribution is 5.75. The van der Waals surface area contributed by atoms with Crippen molar-refractivity contribution in [2.24, 2.45) is 23.2 Å². The van der Waals surface area contributed by atoms with Crippen LogP contribution in [0.5, 0.6) is 0 Å². The second-order valence-corrected chi connectivity index (χ2v) is 11.7. The molecule has 1 fully saturated rings. The Kier molecular flexibility index (Phi) is 9.72. The van der Waals surface area contributed by atoms with Crippen molar-refractivity contribution in [2.45, 2.75) is 117 Å². The van der Waals surface area contributed by atoms with E-state index in [1.807, 2.05) is 0 Å². The van der Waals surface area contributed by atoms with Gasteiger partial charge in [0, 0.05) is 5.41 Å². The van der Waals surface area contributed by atoms with E-state index in [2.05, 4.69) is 68.5 Å². The van der Waals surface area contributed by atoms with Crippen LogP contribution in [0.2, 0.25) is 0 Å².